The smallest absolute Gasteiger partial charge is 0.276 e. The SMILES string of the molecule is CN(C)CCCOc1ccc(NC(=O)c2n[nH]c3c2/C(=N/O)CCC3)cn1. The average Bonchev–Trinajstić information content (AvgIpc) is 3.10. The van der Waals surface area contributed by atoms with Crippen molar-refractivity contribution in [1.29, 1.82) is 0 Å². The largest absolute Gasteiger partial charge is 0.478 e. The second-order valence-electron chi connectivity index (χ2n) is 6.67. The molecular weight excluding hydrogens is 348 g/mol. The number of hydrogen-bond acceptors (Lipinski definition) is 7. The number of anilines is 1. The minimum atomic E-state index is -0.378. The number of amides is 1. The normalized spacial score (nSPS) is 15.0. The number of nitrogens with zero attached hydrogens (tertiary/aromatic N) is 4. The summed E-state index contributed by atoms with van der Waals surface area (Å²) in [5, 5.41) is 22.2. The molecule has 27 heavy (non-hydrogen) atoms. The summed E-state index contributed by atoms with van der Waals surface area (Å²) in [6, 6.07) is 3.44. The topological polar surface area (TPSA) is 116 Å². The van der Waals surface area contributed by atoms with Crippen LogP contribution in [0.4, 0.5) is 5.69 Å². The summed E-state index contributed by atoms with van der Waals surface area (Å²) in [4.78, 5) is 18.9. The van der Waals surface area contributed by atoms with Gasteiger partial charge in [0.05, 0.1) is 29.8 Å². The van der Waals surface area contributed by atoms with Crippen molar-refractivity contribution in [2.24, 2.45) is 5.16 Å². The van der Waals surface area contributed by atoms with Crippen molar-refractivity contribution < 1.29 is 14.7 Å². The number of fused-ring (bicyclic) bond motifs is 1. The number of pyridine rings is 1. The minimum absolute atomic E-state index is 0.224. The number of rotatable bonds is 7. The Bertz CT molecular complexity index is 813. The highest BCUT2D eigenvalue weighted by atomic mass is 16.5. The summed E-state index contributed by atoms with van der Waals surface area (Å²) < 4.78 is 5.58. The molecule has 0 unspecified atom stereocenters. The highest BCUT2D eigenvalue weighted by molar-refractivity contribution is 6.13. The van der Waals surface area contributed by atoms with E-state index in [1.165, 1.54) is 0 Å². The fourth-order valence-corrected chi connectivity index (χ4v) is 2.98. The number of aromatic nitrogens is 3. The zero-order chi connectivity index (χ0) is 19.2. The van der Waals surface area contributed by atoms with Gasteiger partial charge in [-0.1, -0.05) is 5.16 Å². The van der Waals surface area contributed by atoms with Crippen LogP contribution in [0.1, 0.15) is 41.0 Å². The molecule has 0 bridgehead atoms. The van der Waals surface area contributed by atoms with E-state index in [1.54, 1.807) is 18.3 Å². The monoisotopic (exact) mass is 372 g/mol. The molecule has 1 aliphatic rings. The molecule has 2 heterocycles. The summed E-state index contributed by atoms with van der Waals surface area (Å²) >= 11 is 0. The molecule has 1 aliphatic carbocycles. The first-order valence-electron chi connectivity index (χ1n) is 8.92. The van der Waals surface area contributed by atoms with E-state index >= 15 is 0 Å². The number of aromatic amines is 1. The lowest BCUT2D eigenvalue weighted by Crippen LogP contribution is -2.19. The maximum Gasteiger partial charge on any atom is 0.276 e. The number of H-pyrrole nitrogens is 1. The molecule has 144 valence electrons. The van der Waals surface area contributed by atoms with Crippen LogP contribution in [0, 0.1) is 0 Å². The zero-order valence-corrected chi connectivity index (χ0v) is 15.5. The molecular formula is C18H24N6O3. The Morgan fingerprint density at radius 3 is 2.96 bits per heavy atom. The van der Waals surface area contributed by atoms with E-state index in [4.69, 9.17) is 4.74 Å². The Balaban J connectivity index is 1.61. The van der Waals surface area contributed by atoms with Crippen LogP contribution in [0.15, 0.2) is 23.5 Å². The number of nitrogens with one attached hydrogen (secondary N) is 2. The highest BCUT2D eigenvalue weighted by Crippen LogP contribution is 2.24. The van der Waals surface area contributed by atoms with Crippen molar-refractivity contribution in [3.8, 4) is 5.88 Å². The first-order chi connectivity index (χ1) is 13.1. The third-order valence-corrected chi connectivity index (χ3v) is 4.30. The van der Waals surface area contributed by atoms with Gasteiger partial charge in [-0.25, -0.2) is 4.98 Å². The number of hydrogen-bond donors (Lipinski definition) is 3. The maximum absolute atomic E-state index is 12.6. The van der Waals surface area contributed by atoms with Gasteiger partial charge in [-0.15, -0.1) is 0 Å². The molecule has 9 heteroatoms. The van der Waals surface area contributed by atoms with E-state index < -0.39 is 0 Å². The third-order valence-electron chi connectivity index (χ3n) is 4.30. The van der Waals surface area contributed by atoms with Crippen LogP contribution in [0.25, 0.3) is 0 Å². The van der Waals surface area contributed by atoms with Crippen LogP contribution in [-0.2, 0) is 6.42 Å². The van der Waals surface area contributed by atoms with Crippen LogP contribution in [0.2, 0.25) is 0 Å². The van der Waals surface area contributed by atoms with Crippen molar-refractivity contribution in [1.82, 2.24) is 20.1 Å². The van der Waals surface area contributed by atoms with Gasteiger partial charge >= 0.3 is 0 Å². The quantitative estimate of drug-likeness (QED) is 0.388. The maximum atomic E-state index is 12.6. The molecule has 0 radical (unpaired) electrons. The van der Waals surface area contributed by atoms with Crippen molar-refractivity contribution >= 4 is 17.3 Å². The zero-order valence-electron chi connectivity index (χ0n) is 15.5. The second kappa shape index (κ2) is 8.63. The number of ether oxygens (including phenoxy) is 1. The standard InChI is InChI=1S/C18H24N6O3/c1-24(2)9-4-10-27-15-8-7-12(11-19-15)20-18(25)17-16-13(21-22-17)5-3-6-14(16)23-26/h7-8,11,26H,3-6,9-10H2,1-2H3,(H,20,25)(H,21,22)/b23-14+. The Hall–Kier alpha value is -2.94. The Labute approximate surface area is 157 Å². The molecule has 0 fully saturated rings. The number of carbonyl (C=O) groups excluding carboxylic acids is 1. The van der Waals surface area contributed by atoms with Gasteiger partial charge in [-0.05, 0) is 45.8 Å². The summed E-state index contributed by atoms with van der Waals surface area (Å²) in [5.41, 5.74) is 2.65. The number of carbonyl (C=O) groups is 1. The molecule has 0 aromatic carbocycles. The van der Waals surface area contributed by atoms with E-state index in [2.05, 4.69) is 30.6 Å². The fourth-order valence-electron chi connectivity index (χ4n) is 2.98. The van der Waals surface area contributed by atoms with Gasteiger partial charge in [0.2, 0.25) is 5.88 Å². The van der Waals surface area contributed by atoms with Crippen molar-refractivity contribution in [3.05, 3.63) is 35.3 Å². The van der Waals surface area contributed by atoms with Gasteiger partial charge in [0.1, 0.15) is 0 Å². The van der Waals surface area contributed by atoms with Crippen molar-refractivity contribution in [3.63, 3.8) is 0 Å². The summed E-state index contributed by atoms with van der Waals surface area (Å²) in [7, 11) is 4.03. The predicted octanol–water partition coefficient (Wildman–Crippen LogP) is 1.90. The van der Waals surface area contributed by atoms with Crippen LogP contribution < -0.4 is 10.1 Å². The summed E-state index contributed by atoms with van der Waals surface area (Å²) in [5.74, 6) is 0.135. The van der Waals surface area contributed by atoms with Gasteiger partial charge in [0.25, 0.3) is 5.91 Å². The average molecular weight is 372 g/mol. The number of oxime groups is 1. The first kappa shape index (κ1) is 18.8. The van der Waals surface area contributed by atoms with Crippen molar-refractivity contribution in [2.45, 2.75) is 25.7 Å². The Morgan fingerprint density at radius 1 is 1.41 bits per heavy atom. The van der Waals surface area contributed by atoms with E-state index in [1.807, 2.05) is 14.1 Å². The lowest BCUT2D eigenvalue weighted by atomic mass is 9.93. The van der Waals surface area contributed by atoms with Gasteiger partial charge < -0.3 is 20.2 Å². The molecule has 2 aromatic heterocycles. The summed E-state index contributed by atoms with van der Waals surface area (Å²) in [6.45, 7) is 1.53. The molecule has 3 N–H and O–H groups in total. The fraction of sp³-hybridized carbons (Fsp3) is 0.444. The molecule has 9 nitrogen and oxygen atoms in total. The molecule has 1 amide bonds. The predicted molar refractivity (Wildman–Crippen MR) is 101 cm³/mol. The minimum Gasteiger partial charge on any atom is -0.478 e. The van der Waals surface area contributed by atoms with Crippen LogP contribution >= 0.6 is 0 Å². The van der Waals surface area contributed by atoms with Gasteiger partial charge in [0, 0.05) is 18.3 Å². The molecule has 2 aromatic rings. The number of aryl methyl sites for hydroxylation is 1. The first-order valence-corrected chi connectivity index (χ1v) is 8.92. The lowest BCUT2D eigenvalue weighted by molar-refractivity contribution is 0.102. The molecule has 0 saturated carbocycles. The summed E-state index contributed by atoms with van der Waals surface area (Å²) in [6.07, 6.45) is 4.70. The van der Waals surface area contributed by atoms with Crippen LogP contribution in [0.5, 0.6) is 5.88 Å². The highest BCUT2D eigenvalue weighted by Gasteiger charge is 2.26. The van der Waals surface area contributed by atoms with E-state index in [9.17, 15) is 10.0 Å². The lowest BCUT2D eigenvalue weighted by Gasteiger charge is -2.13. The molecule has 0 atom stereocenters. The van der Waals surface area contributed by atoms with Crippen LogP contribution in [0.3, 0.4) is 0 Å². The molecule has 0 spiro atoms. The molecule has 0 aliphatic heterocycles. The van der Waals surface area contributed by atoms with Crippen LogP contribution in [-0.4, -0.2) is 64.2 Å². The Kier molecular flexibility index (Phi) is 6.02. The molecule has 3 rings (SSSR count). The van der Waals surface area contributed by atoms with Gasteiger partial charge in [-0.2, -0.15) is 5.10 Å². The van der Waals surface area contributed by atoms with Crippen molar-refractivity contribution in [2.75, 3.05) is 32.6 Å². The van der Waals surface area contributed by atoms with E-state index in [-0.39, 0.29) is 11.6 Å². The van der Waals surface area contributed by atoms with Gasteiger partial charge in [0.15, 0.2) is 5.69 Å². The Morgan fingerprint density at radius 2 is 2.26 bits per heavy atom. The third kappa shape index (κ3) is 4.62. The van der Waals surface area contributed by atoms with E-state index in [0.29, 0.717) is 35.9 Å². The van der Waals surface area contributed by atoms with E-state index in [0.717, 1.165) is 31.5 Å². The molecule has 0 saturated heterocycles. The van der Waals surface area contributed by atoms with Gasteiger partial charge in [-0.3, -0.25) is 9.89 Å². The second-order valence-corrected chi connectivity index (χ2v) is 6.67.